The van der Waals surface area contributed by atoms with Gasteiger partial charge in [-0.1, -0.05) is 18.0 Å². The van der Waals surface area contributed by atoms with Crippen LogP contribution < -0.4 is 9.06 Å². The zero-order chi connectivity index (χ0) is 13.2. The molecule has 1 heterocycles. The molecule has 0 bridgehead atoms. The van der Waals surface area contributed by atoms with Crippen LogP contribution in [0.5, 0.6) is 5.88 Å². The molecule has 19 heavy (non-hydrogen) atoms. The summed E-state index contributed by atoms with van der Waals surface area (Å²) >= 11 is 7.21. The molecule has 1 aromatic heterocycles. The van der Waals surface area contributed by atoms with Gasteiger partial charge < -0.3 is 5.11 Å². The highest BCUT2D eigenvalue weighted by atomic mass is 35.5. The molecule has 0 unspecified atom stereocenters. The van der Waals surface area contributed by atoms with E-state index in [-0.39, 0.29) is 5.88 Å². The number of hydrogen-bond donors (Lipinski definition) is 0. The quantitative estimate of drug-likeness (QED) is 0.797. The monoisotopic (exact) mass is 294 g/mol. The lowest BCUT2D eigenvalue weighted by Gasteiger charge is -2.19. The molecule has 3 nitrogen and oxygen atoms in total. The van der Waals surface area contributed by atoms with Crippen molar-refractivity contribution in [1.82, 2.24) is 4.37 Å². The standard InChI is InChI=1S/C14H15ClN2OS/c15-11-8-6-10(7-9-11)13-14(18)16-19-17(13)12-4-2-1-3-5-12/h6-9,12H,1-5H2. The average molecular weight is 295 g/mol. The van der Waals surface area contributed by atoms with E-state index in [9.17, 15) is 5.11 Å². The Balaban J connectivity index is 2.00. The van der Waals surface area contributed by atoms with Gasteiger partial charge in [-0.25, -0.2) is 0 Å². The minimum Gasteiger partial charge on any atom is -0.835 e. The molecule has 1 saturated carbocycles. The fourth-order valence-corrected chi connectivity index (χ4v) is 3.67. The van der Waals surface area contributed by atoms with Crippen molar-refractivity contribution in [3.8, 4) is 17.1 Å². The van der Waals surface area contributed by atoms with Crippen molar-refractivity contribution in [1.29, 1.82) is 0 Å². The highest BCUT2D eigenvalue weighted by Crippen LogP contribution is 2.31. The minimum atomic E-state index is -0.127. The SMILES string of the molecule is [O-]c1ns[n+](C2CCCCC2)c1-c1ccc(Cl)cc1. The van der Waals surface area contributed by atoms with Crippen LogP contribution in [-0.2, 0) is 0 Å². The van der Waals surface area contributed by atoms with Gasteiger partial charge in [-0.15, -0.1) is 0 Å². The molecular formula is C14H15ClN2OS. The first kappa shape index (κ1) is 12.9. The number of rotatable bonds is 2. The Kier molecular flexibility index (Phi) is 3.71. The van der Waals surface area contributed by atoms with E-state index in [1.54, 1.807) is 0 Å². The van der Waals surface area contributed by atoms with Crippen molar-refractivity contribution < 1.29 is 9.06 Å². The van der Waals surface area contributed by atoms with Crippen LogP contribution in [0.2, 0.25) is 5.02 Å². The maximum absolute atomic E-state index is 12.0. The first-order valence-electron chi connectivity index (χ1n) is 6.60. The molecule has 0 atom stereocenters. The maximum Gasteiger partial charge on any atom is 0.276 e. The van der Waals surface area contributed by atoms with Crippen LogP contribution in [0.3, 0.4) is 0 Å². The Morgan fingerprint density at radius 2 is 1.84 bits per heavy atom. The molecule has 1 aliphatic carbocycles. The van der Waals surface area contributed by atoms with E-state index in [4.69, 9.17) is 11.6 Å². The van der Waals surface area contributed by atoms with E-state index in [1.165, 1.54) is 31.0 Å². The average Bonchev–Trinajstić information content (AvgIpc) is 2.83. The first-order chi connectivity index (χ1) is 9.25. The molecule has 0 radical (unpaired) electrons. The number of nitrogens with zero attached hydrogens (tertiary/aromatic N) is 2. The van der Waals surface area contributed by atoms with Gasteiger partial charge in [-0.3, -0.25) is 0 Å². The van der Waals surface area contributed by atoms with E-state index in [1.807, 2.05) is 24.3 Å². The number of aromatic nitrogens is 2. The van der Waals surface area contributed by atoms with Crippen molar-refractivity contribution in [2.45, 2.75) is 38.1 Å². The summed E-state index contributed by atoms with van der Waals surface area (Å²) in [6, 6.07) is 7.86. The molecule has 0 amide bonds. The van der Waals surface area contributed by atoms with Gasteiger partial charge in [0.05, 0.1) is 0 Å². The Morgan fingerprint density at radius 3 is 2.53 bits per heavy atom. The zero-order valence-corrected chi connectivity index (χ0v) is 12.1. The summed E-state index contributed by atoms with van der Waals surface area (Å²) in [5, 5.41) is 12.7. The lowest BCUT2D eigenvalue weighted by atomic mass is 9.95. The Bertz CT molecular complexity index is 561. The van der Waals surface area contributed by atoms with Crippen molar-refractivity contribution in [2.75, 3.05) is 0 Å². The van der Waals surface area contributed by atoms with Crippen LogP contribution in [0.15, 0.2) is 24.3 Å². The lowest BCUT2D eigenvalue weighted by Crippen LogP contribution is -2.38. The summed E-state index contributed by atoms with van der Waals surface area (Å²) in [5.41, 5.74) is 1.63. The van der Waals surface area contributed by atoms with Crippen molar-refractivity contribution >= 4 is 23.3 Å². The van der Waals surface area contributed by atoms with Gasteiger partial charge in [-0.2, -0.15) is 3.96 Å². The van der Waals surface area contributed by atoms with Crippen molar-refractivity contribution in [3.63, 3.8) is 0 Å². The highest BCUT2D eigenvalue weighted by Gasteiger charge is 2.27. The third kappa shape index (κ3) is 2.60. The van der Waals surface area contributed by atoms with Crippen molar-refractivity contribution in [2.24, 2.45) is 0 Å². The third-order valence-electron chi connectivity index (χ3n) is 3.66. The topological polar surface area (TPSA) is 39.8 Å². The summed E-state index contributed by atoms with van der Waals surface area (Å²) < 4.78 is 6.11. The molecule has 1 fully saturated rings. The van der Waals surface area contributed by atoms with E-state index < -0.39 is 0 Å². The van der Waals surface area contributed by atoms with E-state index in [0.29, 0.717) is 16.8 Å². The maximum atomic E-state index is 12.0. The van der Waals surface area contributed by atoms with E-state index in [2.05, 4.69) is 8.33 Å². The normalized spacial score (nSPS) is 16.7. The summed E-state index contributed by atoms with van der Waals surface area (Å²) in [5.74, 6) is -0.127. The minimum absolute atomic E-state index is 0.127. The molecule has 5 heteroatoms. The van der Waals surface area contributed by atoms with Crippen LogP contribution in [0.25, 0.3) is 11.3 Å². The molecule has 0 N–H and O–H groups in total. The Hall–Kier alpha value is -1.13. The summed E-state index contributed by atoms with van der Waals surface area (Å²) in [6.07, 6.45) is 6.07. The van der Waals surface area contributed by atoms with Gasteiger partial charge in [0.1, 0.15) is 6.04 Å². The zero-order valence-electron chi connectivity index (χ0n) is 10.5. The highest BCUT2D eigenvalue weighted by molar-refractivity contribution is 6.95. The molecule has 3 rings (SSSR count). The van der Waals surface area contributed by atoms with Gasteiger partial charge in [0.2, 0.25) is 0 Å². The second-order valence-electron chi connectivity index (χ2n) is 4.95. The molecule has 1 aromatic carbocycles. The van der Waals surface area contributed by atoms with Crippen LogP contribution in [0, 0.1) is 0 Å². The molecule has 100 valence electrons. The second-order valence-corrected chi connectivity index (χ2v) is 6.13. The largest absolute Gasteiger partial charge is 0.835 e. The van der Waals surface area contributed by atoms with Gasteiger partial charge in [0.25, 0.3) is 11.7 Å². The Labute approximate surface area is 121 Å². The molecule has 0 spiro atoms. The summed E-state index contributed by atoms with van der Waals surface area (Å²) in [4.78, 5) is 0. The smallest absolute Gasteiger partial charge is 0.276 e. The van der Waals surface area contributed by atoms with Crippen LogP contribution in [-0.4, -0.2) is 4.37 Å². The van der Waals surface area contributed by atoms with Crippen LogP contribution in [0.1, 0.15) is 38.1 Å². The molecule has 1 aliphatic rings. The Morgan fingerprint density at radius 1 is 1.16 bits per heavy atom. The number of benzene rings is 1. The van der Waals surface area contributed by atoms with E-state index >= 15 is 0 Å². The summed E-state index contributed by atoms with van der Waals surface area (Å²) in [6.45, 7) is 0. The predicted octanol–water partition coefficient (Wildman–Crippen LogP) is 3.33. The predicted molar refractivity (Wildman–Crippen MR) is 74.3 cm³/mol. The lowest BCUT2D eigenvalue weighted by molar-refractivity contribution is -0.652. The second kappa shape index (κ2) is 5.47. The van der Waals surface area contributed by atoms with E-state index in [0.717, 1.165) is 18.4 Å². The van der Waals surface area contributed by atoms with Crippen LogP contribution in [0.4, 0.5) is 0 Å². The van der Waals surface area contributed by atoms with Gasteiger partial charge in [0.15, 0.2) is 11.6 Å². The van der Waals surface area contributed by atoms with Crippen LogP contribution >= 0.6 is 23.3 Å². The fourth-order valence-electron chi connectivity index (χ4n) is 2.68. The molecule has 0 aliphatic heterocycles. The fraction of sp³-hybridized carbons (Fsp3) is 0.429. The van der Waals surface area contributed by atoms with Gasteiger partial charge in [-0.05, 0) is 49.9 Å². The van der Waals surface area contributed by atoms with Gasteiger partial charge >= 0.3 is 0 Å². The first-order valence-corrected chi connectivity index (χ1v) is 7.71. The molecule has 0 saturated heterocycles. The summed E-state index contributed by atoms with van der Waals surface area (Å²) in [7, 11) is 0. The third-order valence-corrected chi connectivity index (χ3v) is 4.81. The van der Waals surface area contributed by atoms with Crippen molar-refractivity contribution in [3.05, 3.63) is 29.3 Å². The van der Waals surface area contributed by atoms with Gasteiger partial charge in [0, 0.05) is 15.0 Å². The number of hydrogen-bond acceptors (Lipinski definition) is 3. The number of halogens is 1. The molecular weight excluding hydrogens is 280 g/mol. The molecule has 2 aromatic rings.